The minimum Gasteiger partial charge on any atom is -0.477 e. The van der Waals surface area contributed by atoms with Crippen LogP contribution in [0.3, 0.4) is 0 Å². The van der Waals surface area contributed by atoms with Gasteiger partial charge >= 0.3 is 5.97 Å². The summed E-state index contributed by atoms with van der Waals surface area (Å²) in [6.45, 7) is 4.54. The summed E-state index contributed by atoms with van der Waals surface area (Å²) in [6, 6.07) is 1.86. The molecule has 1 saturated heterocycles. The highest BCUT2D eigenvalue weighted by Gasteiger charge is 2.40. The molecule has 162 valence electrons. The number of carbonyl (C=O) groups is 1. The lowest BCUT2D eigenvalue weighted by Gasteiger charge is -2.41. The van der Waals surface area contributed by atoms with E-state index in [1.54, 1.807) is 0 Å². The summed E-state index contributed by atoms with van der Waals surface area (Å²) in [5.74, 6) is -2.87. The van der Waals surface area contributed by atoms with Crippen molar-refractivity contribution >= 4 is 5.97 Å². The molecule has 1 aromatic rings. The predicted molar refractivity (Wildman–Crippen MR) is 102 cm³/mol. The van der Waals surface area contributed by atoms with E-state index in [1.165, 1.54) is 6.42 Å². The number of fused-ring (bicyclic) bond motifs is 1. The van der Waals surface area contributed by atoms with Crippen LogP contribution in [0.15, 0.2) is 12.1 Å². The summed E-state index contributed by atoms with van der Waals surface area (Å²) in [4.78, 5) is 10.9. The number of rotatable bonds is 6. The Morgan fingerprint density at radius 2 is 1.93 bits per heavy atom. The smallest absolute Gasteiger partial charge is 0.341 e. The molecule has 3 rings (SSSR count). The molecule has 29 heavy (non-hydrogen) atoms. The fraction of sp³-hybridized carbons (Fsp3) is 0.682. The molecule has 2 unspecified atom stereocenters. The first-order valence-corrected chi connectivity index (χ1v) is 10.4. The third-order valence-corrected chi connectivity index (χ3v) is 6.65. The van der Waals surface area contributed by atoms with Gasteiger partial charge in [0.15, 0.2) is 6.29 Å². The first-order valence-electron chi connectivity index (χ1n) is 10.4. The van der Waals surface area contributed by atoms with E-state index in [-0.39, 0.29) is 30.1 Å². The number of ether oxygens (including phenoxy) is 2. The van der Waals surface area contributed by atoms with Crippen LogP contribution in [0.25, 0.3) is 0 Å². The Labute approximate surface area is 170 Å². The molecule has 0 spiro atoms. The molecule has 1 saturated carbocycles. The zero-order chi connectivity index (χ0) is 21.1. The highest BCUT2D eigenvalue weighted by Crippen LogP contribution is 2.44. The fourth-order valence-electron chi connectivity index (χ4n) is 4.93. The molecule has 0 bridgehead atoms. The molecule has 1 aliphatic carbocycles. The lowest BCUT2D eigenvalue weighted by atomic mass is 9.66. The molecular weight excluding hydrogens is 382 g/mol. The van der Waals surface area contributed by atoms with Gasteiger partial charge in [0.05, 0.1) is 19.3 Å². The van der Waals surface area contributed by atoms with Gasteiger partial charge in [0.2, 0.25) is 0 Å². The van der Waals surface area contributed by atoms with E-state index >= 15 is 0 Å². The van der Waals surface area contributed by atoms with Crippen LogP contribution < -0.4 is 0 Å². The SMILES string of the molecule is CC1CC[C@H]2CCC[C@@H]([C@@H](C)[C@H](O)OCc3cc(F)c(C(=O)O)c(F)c3)C2CO1. The first kappa shape index (κ1) is 22.1. The summed E-state index contributed by atoms with van der Waals surface area (Å²) < 4.78 is 39.2. The van der Waals surface area contributed by atoms with Gasteiger partial charge < -0.3 is 19.7 Å². The third-order valence-electron chi connectivity index (χ3n) is 6.65. The maximum atomic E-state index is 13.8. The van der Waals surface area contributed by atoms with E-state index in [1.807, 2.05) is 6.92 Å². The maximum Gasteiger partial charge on any atom is 0.341 e. The van der Waals surface area contributed by atoms with Crippen molar-refractivity contribution in [2.75, 3.05) is 6.61 Å². The average Bonchev–Trinajstić information content (AvgIpc) is 2.86. The van der Waals surface area contributed by atoms with Crippen molar-refractivity contribution in [1.82, 2.24) is 0 Å². The summed E-state index contributed by atoms with van der Waals surface area (Å²) in [7, 11) is 0. The Hall–Kier alpha value is -1.57. The zero-order valence-electron chi connectivity index (χ0n) is 16.9. The standard InChI is InChI=1S/C22H30F2O5/c1-12-6-7-15-4-3-5-16(17(15)11-28-12)13(2)22(27)29-10-14-8-18(23)20(21(25)26)19(24)9-14/h8-9,12-13,15-17,22,27H,3-7,10-11H2,1-2H3,(H,25,26)/t12?,13-,15-,16+,17?,22-/m1/s1. The second-order valence-corrected chi connectivity index (χ2v) is 8.54. The van der Waals surface area contributed by atoms with Crippen LogP contribution in [0.4, 0.5) is 8.78 Å². The lowest BCUT2D eigenvalue weighted by Crippen LogP contribution is -2.39. The number of aliphatic hydroxyl groups excluding tert-OH is 1. The molecule has 2 N–H and O–H groups in total. The fourth-order valence-corrected chi connectivity index (χ4v) is 4.93. The van der Waals surface area contributed by atoms with Gasteiger partial charge in [-0.2, -0.15) is 0 Å². The van der Waals surface area contributed by atoms with Gasteiger partial charge in [-0.1, -0.05) is 19.8 Å². The van der Waals surface area contributed by atoms with E-state index in [9.17, 15) is 18.7 Å². The zero-order valence-corrected chi connectivity index (χ0v) is 16.9. The number of carboxylic acids is 1. The van der Waals surface area contributed by atoms with Crippen LogP contribution >= 0.6 is 0 Å². The number of benzene rings is 1. The van der Waals surface area contributed by atoms with Crippen LogP contribution in [0.2, 0.25) is 0 Å². The van der Waals surface area contributed by atoms with Crippen molar-refractivity contribution in [3.8, 4) is 0 Å². The molecule has 2 aliphatic rings. The Kier molecular flexibility index (Phi) is 7.24. The van der Waals surface area contributed by atoms with Crippen molar-refractivity contribution < 1.29 is 33.3 Å². The highest BCUT2D eigenvalue weighted by atomic mass is 19.1. The van der Waals surface area contributed by atoms with Gasteiger partial charge in [0.1, 0.15) is 17.2 Å². The van der Waals surface area contributed by atoms with E-state index < -0.39 is 29.5 Å². The van der Waals surface area contributed by atoms with Gasteiger partial charge in [-0.15, -0.1) is 0 Å². The minimum absolute atomic E-state index is 0.143. The first-order chi connectivity index (χ1) is 13.8. The average molecular weight is 412 g/mol. The Morgan fingerprint density at radius 1 is 1.24 bits per heavy atom. The maximum absolute atomic E-state index is 13.8. The molecule has 0 amide bonds. The molecule has 5 nitrogen and oxygen atoms in total. The predicted octanol–water partition coefficient (Wildman–Crippen LogP) is 4.37. The van der Waals surface area contributed by atoms with E-state index in [4.69, 9.17) is 14.6 Å². The summed E-state index contributed by atoms with van der Waals surface area (Å²) >= 11 is 0. The summed E-state index contributed by atoms with van der Waals surface area (Å²) in [5.41, 5.74) is -0.845. The molecule has 1 heterocycles. The summed E-state index contributed by atoms with van der Waals surface area (Å²) in [5, 5.41) is 19.4. The molecule has 0 radical (unpaired) electrons. The van der Waals surface area contributed by atoms with Crippen molar-refractivity contribution in [3.63, 3.8) is 0 Å². The number of hydrogen-bond donors (Lipinski definition) is 2. The van der Waals surface area contributed by atoms with Crippen molar-refractivity contribution in [1.29, 1.82) is 0 Å². The quantitative estimate of drug-likeness (QED) is 0.679. The Balaban J connectivity index is 1.63. The molecule has 6 atom stereocenters. The molecular formula is C22H30F2O5. The number of halogens is 2. The van der Waals surface area contributed by atoms with E-state index in [2.05, 4.69) is 6.92 Å². The second kappa shape index (κ2) is 9.49. The van der Waals surface area contributed by atoms with Crippen LogP contribution in [0.1, 0.15) is 61.9 Å². The van der Waals surface area contributed by atoms with Crippen LogP contribution in [-0.2, 0) is 16.1 Å². The van der Waals surface area contributed by atoms with Gasteiger partial charge in [0.25, 0.3) is 0 Å². The number of aromatic carboxylic acids is 1. The Morgan fingerprint density at radius 3 is 2.59 bits per heavy atom. The van der Waals surface area contributed by atoms with Crippen LogP contribution in [0, 0.1) is 35.3 Å². The van der Waals surface area contributed by atoms with Crippen molar-refractivity contribution in [3.05, 3.63) is 34.9 Å². The topological polar surface area (TPSA) is 76.0 Å². The monoisotopic (exact) mass is 412 g/mol. The van der Waals surface area contributed by atoms with E-state index in [0.717, 1.165) is 37.8 Å². The van der Waals surface area contributed by atoms with Crippen molar-refractivity contribution in [2.45, 2.75) is 65.0 Å². The van der Waals surface area contributed by atoms with Gasteiger partial charge in [-0.25, -0.2) is 13.6 Å². The normalized spacial score (nSPS) is 29.6. The third kappa shape index (κ3) is 5.13. The molecule has 2 fully saturated rings. The molecule has 0 aromatic heterocycles. The lowest BCUT2D eigenvalue weighted by molar-refractivity contribution is -0.162. The van der Waals surface area contributed by atoms with Gasteiger partial charge in [0, 0.05) is 5.92 Å². The summed E-state index contributed by atoms with van der Waals surface area (Å²) in [6.07, 6.45) is 4.68. The number of aliphatic hydroxyl groups is 1. The molecule has 1 aliphatic heterocycles. The van der Waals surface area contributed by atoms with E-state index in [0.29, 0.717) is 18.4 Å². The van der Waals surface area contributed by atoms with Gasteiger partial charge in [-0.3, -0.25) is 0 Å². The minimum atomic E-state index is -1.66. The van der Waals surface area contributed by atoms with Crippen molar-refractivity contribution in [2.24, 2.45) is 23.7 Å². The Bertz CT molecular complexity index is 702. The molecule has 1 aromatic carbocycles. The highest BCUT2D eigenvalue weighted by molar-refractivity contribution is 5.88. The number of hydrogen-bond acceptors (Lipinski definition) is 4. The largest absolute Gasteiger partial charge is 0.477 e. The van der Waals surface area contributed by atoms with Gasteiger partial charge in [-0.05, 0) is 61.6 Å². The number of carboxylic acid groups (broad SMARTS) is 1. The van der Waals surface area contributed by atoms with Crippen LogP contribution in [0.5, 0.6) is 0 Å². The second-order valence-electron chi connectivity index (χ2n) is 8.54. The molecule has 7 heteroatoms. The van der Waals surface area contributed by atoms with Crippen LogP contribution in [-0.4, -0.2) is 35.2 Å².